The van der Waals surface area contributed by atoms with Gasteiger partial charge in [0.1, 0.15) is 0 Å². The van der Waals surface area contributed by atoms with Crippen LogP contribution in [0, 0.1) is 0 Å². The predicted octanol–water partition coefficient (Wildman–Crippen LogP) is 7.12. The number of rotatable bonds is 14. The van der Waals surface area contributed by atoms with E-state index in [1.54, 1.807) is 0 Å². The van der Waals surface area contributed by atoms with E-state index >= 15 is 0 Å². The number of ether oxygens (including phenoxy) is 2. The normalized spacial score (nSPS) is 19.1. The van der Waals surface area contributed by atoms with Crippen molar-refractivity contribution in [2.45, 2.75) is 101 Å². The SMILES string of the molecule is FC(F)(F)C(F)(F)C(F)(F)C(F)(F)CCCCCCCCCCOC1CCCO1. The van der Waals surface area contributed by atoms with Crippen molar-refractivity contribution < 1.29 is 49.0 Å². The monoisotopic (exact) mass is 446 g/mol. The summed E-state index contributed by atoms with van der Waals surface area (Å²) in [6, 6.07) is 0. The van der Waals surface area contributed by atoms with Gasteiger partial charge < -0.3 is 9.47 Å². The van der Waals surface area contributed by atoms with E-state index in [-0.39, 0.29) is 12.7 Å². The Bertz CT molecular complexity index is 461. The largest absolute Gasteiger partial charge is 0.460 e. The van der Waals surface area contributed by atoms with E-state index < -0.39 is 36.8 Å². The smallest absolute Gasteiger partial charge is 0.353 e. The van der Waals surface area contributed by atoms with Gasteiger partial charge in [0.15, 0.2) is 6.29 Å². The van der Waals surface area contributed by atoms with Crippen molar-refractivity contribution in [3.63, 3.8) is 0 Å². The Labute approximate surface area is 164 Å². The average molecular weight is 446 g/mol. The summed E-state index contributed by atoms with van der Waals surface area (Å²) in [5.74, 6) is -18.7. The van der Waals surface area contributed by atoms with Crippen molar-refractivity contribution in [2.75, 3.05) is 13.2 Å². The first-order valence-electron chi connectivity index (χ1n) is 9.76. The minimum Gasteiger partial charge on any atom is -0.353 e. The van der Waals surface area contributed by atoms with Crippen molar-refractivity contribution in [3.05, 3.63) is 0 Å². The first kappa shape index (κ1) is 26.3. The van der Waals surface area contributed by atoms with Gasteiger partial charge in [0, 0.05) is 26.1 Å². The quantitative estimate of drug-likeness (QED) is 0.209. The molecule has 1 atom stereocenters. The Hall–Kier alpha value is -0.710. The van der Waals surface area contributed by atoms with Crippen LogP contribution in [0.25, 0.3) is 0 Å². The van der Waals surface area contributed by atoms with Crippen LogP contribution in [0.1, 0.15) is 70.6 Å². The first-order chi connectivity index (χ1) is 13.3. The molecule has 1 fully saturated rings. The number of hydrogen-bond donors (Lipinski definition) is 0. The zero-order valence-corrected chi connectivity index (χ0v) is 16.0. The lowest BCUT2D eigenvalue weighted by Gasteiger charge is -2.33. The van der Waals surface area contributed by atoms with Crippen molar-refractivity contribution >= 4 is 0 Å². The lowest BCUT2D eigenvalue weighted by atomic mass is 9.97. The minimum absolute atomic E-state index is 0.0470. The highest BCUT2D eigenvalue weighted by Gasteiger charge is 2.81. The molecule has 2 nitrogen and oxygen atoms in total. The fourth-order valence-corrected chi connectivity index (χ4v) is 2.97. The minimum atomic E-state index is -6.79. The zero-order valence-electron chi connectivity index (χ0n) is 16.0. The Morgan fingerprint density at radius 1 is 0.690 bits per heavy atom. The van der Waals surface area contributed by atoms with Crippen LogP contribution in [0.3, 0.4) is 0 Å². The molecule has 0 spiro atoms. The van der Waals surface area contributed by atoms with Crippen LogP contribution in [-0.2, 0) is 9.47 Å². The van der Waals surface area contributed by atoms with Crippen LogP contribution in [0.15, 0.2) is 0 Å². The van der Waals surface area contributed by atoms with Gasteiger partial charge in [0.2, 0.25) is 0 Å². The van der Waals surface area contributed by atoms with Gasteiger partial charge in [0.25, 0.3) is 0 Å². The number of hydrogen-bond acceptors (Lipinski definition) is 2. The van der Waals surface area contributed by atoms with Gasteiger partial charge in [0.05, 0.1) is 0 Å². The van der Waals surface area contributed by atoms with Crippen LogP contribution in [-0.4, -0.2) is 43.4 Å². The molecule has 11 heteroatoms. The lowest BCUT2D eigenvalue weighted by molar-refractivity contribution is -0.396. The van der Waals surface area contributed by atoms with Crippen molar-refractivity contribution in [3.8, 4) is 0 Å². The molecule has 1 saturated heterocycles. The predicted molar refractivity (Wildman–Crippen MR) is 87.4 cm³/mol. The van der Waals surface area contributed by atoms with Crippen molar-refractivity contribution in [1.29, 1.82) is 0 Å². The summed E-state index contributed by atoms with van der Waals surface area (Å²) in [5.41, 5.74) is 0. The topological polar surface area (TPSA) is 18.5 Å². The van der Waals surface area contributed by atoms with Crippen LogP contribution in [0.4, 0.5) is 39.5 Å². The van der Waals surface area contributed by atoms with E-state index in [9.17, 15) is 39.5 Å². The third-order valence-corrected chi connectivity index (χ3v) is 4.79. The van der Waals surface area contributed by atoms with Crippen molar-refractivity contribution in [1.82, 2.24) is 0 Å². The highest BCUT2D eigenvalue weighted by Crippen LogP contribution is 2.54. The van der Waals surface area contributed by atoms with E-state index in [4.69, 9.17) is 9.47 Å². The lowest BCUT2D eigenvalue weighted by Crippen LogP contribution is -2.60. The van der Waals surface area contributed by atoms with E-state index in [1.807, 2.05) is 0 Å². The Morgan fingerprint density at radius 3 is 1.69 bits per heavy atom. The third kappa shape index (κ3) is 7.48. The van der Waals surface area contributed by atoms with Crippen LogP contribution in [0.5, 0.6) is 0 Å². The molecule has 0 aromatic heterocycles. The van der Waals surface area contributed by atoms with E-state index in [0.717, 1.165) is 38.5 Å². The molecular weight excluding hydrogens is 419 g/mol. The summed E-state index contributed by atoms with van der Waals surface area (Å²) in [7, 11) is 0. The Morgan fingerprint density at radius 2 is 1.21 bits per heavy atom. The molecular formula is C18H27F9O2. The number of unbranched alkanes of at least 4 members (excludes halogenated alkanes) is 7. The second-order valence-electron chi connectivity index (χ2n) is 7.24. The highest BCUT2D eigenvalue weighted by atomic mass is 19.4. The molecule has 1 aliphatic rings. The van der Waals surface area contributed by atoms with Gasteiger partial charge in [-0.25, -0.2) is 0 Å². The van der Waals surface area contributed by atoms with Gasteiger partial charge >= 0.3 is 23.9 Å². The molecule has 0 N–H and O–H groups in total. The molecule has 1 rings (SSSR count). The summed E-state index contributed by atoms with van der Waals surface area (Å²) < 4.78 is 125. The number of alkyl halides is 9. The van der Waals surface area contributed by atoms with Crippen LogP contribution in [0.2, 0.25) is 0 Å². The molecule has 0 amide bonds. The molecule has 0 radical (unpaired) electrons. The molecule has 29 heavy (non-hydrogen) atoms. The summed E-state index contributed by atoms with van der Waals surface area (Å²) >= 11 is 0. The summed E-state index contributed by atoms with van der Waals surface area (Å²) in [6.07, 6.45) is -2.85. The molecule has 0 aromatic rings. The van der Waals surface area contributed by atoms with Crippen molar-refractivity contribution in [2.24, 2.45) is 0 Å². The molecule has 1 heterocycles. The maximum atomic E-state index is 13.3. The highest BCUT2D eigenvalue weighted by molar-refractivity contribution is 5.00. The molecule has 174 valence electrons. The van der Waals surface area contributed by atoms with E-state index in [0.29, 0.717) is 26.1 Å². The molecule has 1 unspecified atom stereocenters. The van der Waals surface area contributed by atoms with E-state index in [2.05, 4.69) is 0 Å². The van der Waals surface area contributed by atoms with Gasteiger partial charge in [-0.15, -0.1) is 0 Å². The van der Waals surface area contributed by atoms with E-state index in [1.165, 1.54) is 0 Å². The molecule has 0 saturated carbocycles. The summed E-state index contributed by atoms with van der Waals surface area (Å²) in [5, 5.41) is 0. The zero-order chi connectivity index (χ0) is 22.2. The molecule has 0 bridgehead atoms. The molecule has 1 aliphatic heterocycles. The van der Waals surface area contributed by atoms with Gasteiger partial charge in [-0.1, -0.05) is 38.5 Å². The van der Waals surface area contributed by atoms with Gasteiger partial charge in [-0.2, -0.15) is 39.5 Å². The second kappa shape index (κ2) is 11.1. The van der Waals surface area contributed by atoms with Crippen LogP contribution >= 0.6 is 0 Å². The standard InChI is InChI=1S/C18H27F9O2/c19-15(20,16(21,22)17(23,24)18(25,26)27)11-7-5-3-1-2-4-6-8-12-28-14-10-9-13-29-14/h14H,1-13H2. The van der Waals surface area contributed by atoms with Crippen LogP contribution < -0.4 is 0 Å². The summed E-state index contributed by atoms with van der Waals surface area (Å²) in [6.45, 7) is 1.29. The third-order valence-electron chi connectivity index (χ3n) is 4.79. The summed E-state index contributed by atoms with van der Waals surface area (Å²) in [4.78, 5) is 0. The molecule has 0 aliphatic carbocycles. The Balaban J connectivity index is 2.12. The maximum Gasteiger partial charge on any atom is 0.460 e. The van der Waals surface area contributed by atoms with Gasteiger partial charge in [-0.05, 0) is 19.3 Å². The Kier molecular flexibility index (Phi) is 10.0. The van der Waals surface area contributed by atoms with Gasteiger partial charge in [-0.3, -0.25) is 0 Å². The number of halogens is 9. The first-order valence-corrected chi connectivity index (χ1v) is 9.76. The maximum absolute atomic E-state index is 13.3. The fourth-order valence-electron chi connectivity index (χ4n) is 2.97. The fraction of sp³-hybridized carbons (Fsp3) is 1.00. The molecule has 0 aromatic carbocycles. The second-order valence-corrected chi connectivity index (χ2v) is 7.24. The average Bonchev–Trinajstić information content (AvgIpc) is 3.11.